The molecule has 0 aliphatic heterocycles. The van der Waals surface area contributed by atoms with Crippen molar-refractivity contribution in [2.24, 2.45) is 0 Å². The first-order valence-corrected chi connectivity index (χ1v) is 6.67. The first-order valence-electron chi connectivity index (χ1n) is 5.88. The minimum absolute atomic E-state index is 0.137. The van der Waals surface area contributed by atoms with Crippen molar-refractivity contribution in [1.82, 2.24) is 5.32 Å². The van der Waals surface area contributed by atoms with Gasteiger partial charge in [-0.1, -0.05) is 12.2 Å². The third-order valence-corrected chi connectivity index (χ3v) is 2.91. The summed E-state index contributed by atoms with van der Waals surface area (Å²) in [7, 11) is 1.58. The van der Waals surface area contributed by atoms with Gasteiger partial charge in [0.05, 0.1) is 24.8 Å². The van der Waals surface area contributed by atoms with Crippen molar-refractivity contribution < 1.29 is 14.3 Å². The maximum atomic E-state index is 11.8. The molecule has 0 saturated carbocycles. The van der Waals surface area contributed by atoms with Crippen LogP contribution in [-0.4, -0.2) is 32.8 Å². The Hall–Kier alpha value is -1.33. The normalized spacial score (nSPS) is 10.1. The van der Waals surface area contributed by atoms with Crippen LogP contribution in [0.3, 0.4) is 0 Å². The molecule has 0 atom stereocenters. The van der Waals surface area contributed by atoms with Gasteiger partial charge in [-0.05, 0) is 41.1 Å². The zero-order chi connectivity index (χ0) is 14.3. The van der Waals surface area contributed by atoms with E-state index in [-0.39, 0.29) is 5.91 Å². The molecule has 0 aliphatic carbocycles. The van der Waals surface area contributed by atoms with Crippen LogP contribution in [0.2, 0.25) is 0 Å². The van der Waals surface area contributed by atoms with Gasteiger partial charge in [-0.15, -0.1) is 0 Å². The minimum Gasteiger partial charge on any atom is -0.496 e. The zero-order valence-corrected chi connectivity index (χ0v) is 12.7. The second-order valence-electron chi connectivity index (χ2n) is 4.11. The van der Waals surface area contributed by atoms with Gasteiger partial charge < -0.3 is 14.8 Å². The van der Waals surface area contributed by atoms with E-state index < -0.39 is 0 Å². The fourth-order valence-corrected chi connectivity index (χ4v) is 1.93. The molecule has 1 rings (SSSR count). The van der Waals surface area contributed by atoms with Crippen molar-refractivity contribution in [2.45, 2.75) is 6.92 Å². The molecule has 0 aromatic heterocycles. The molecular weight excluding hydrogens is 310 g/mol. The Morgan fingerprint density at radius 3 is 2.79 bits per heavy atom. The average molecular weight is 328 g/mol. The second kappa shape index (κ2) is 7.96. The lowest BCUT2D eigenvalue weighted by molar-refractivity contribution is 0.0926. The summed E-state index contributed by atoms with van der Waals surface area (Å²) in [6.45, 7) is 7.08. The highest BCUT2D eigenvalue weighted by Crippen LogP contribution is 2.25. The lowest BCUT2D eigenvalue weighted by Crippen LogP contribution is -2.27. The number of methoxy groups -OCH3 is 1. The number of amides is 1. The molecule has 1 amide bonds. The van der Waals surface area contributed by atoms with E-state index >= 15 is 0 Å². The molecular formula is C14H18BrNO3. The van der Waals surface area contributed by atoms with E-state index in [4.69, 9.17) is 9.47 Å². The lowest BCUT2D eigenvalue weighted by Gasteiger charge is -2.08. The molecule has 4 nitrogen and oxygen atoms in total. The number of hydrogen-bond acceptors (Lipinski definition) is 3. The molecule has 0 fully saturated rings. The fourth-order valence-electron chi connectivity index (χ4n) is 1.39. The molecule has 19 heavy (non-hydrogen) atoms. The number of hydrogen-bond donors (Lipinski definition) is 1. The third kappa shape index (κ3) is 5.44. The van der Waals surface area contributed by atoms with Gasteiger partial charge in [0.2, 0.25) is 0 Å². The first kappa shape index (κ1) is 15.7. The average Bonchev–Trinajstić information content (AvgIpc) is 2.37. The predicted molar refractivity (Wildman–Crippen MR) is 78.7 cm³/mol. The monoisotopic (exact) mass is 327 g/mol. The highest BCUT2D eigenvalue weighted by Gasteiger charge is 2.08. The molecule has 0 bridgehead atoms. The molecule has 1 aromatic rings. The maximum absolute atomic E-state index is 11.8. The van der Waals surface area contributed by atoms with Gasteiger partial charge in [0, 0.05) is 12.1 Å². The van der Waals surface area contributed by atoms with Crippen LogP contribution in [-0.2, 0) is 4.74 Å². The number of carbonyl (C=O) groups excluding carboxylic acids is 1. The van der Waals surface area contributed by atoms with Crippen LogP contribution >= 0.6 is 15.9 Å². The third-order valence-electron chi connectivity index (χ3n) is 2.29. The van der Waals surface area contributed by atoms with E-state index in [1.807, 2.05) is 6.92 Å². The Morgan fingerprint density at radius 2 is 2.21 bits per heavy atom. The van der Waals surface area contributed by atoms with Gasteiger partial charge in [-0.2, -0.15) is 0 Å². The fraction of sp³-hybridized carbons (Fsp3) is 0.357. The minimum atomic E-state index is -0.137. The van der Waals surface area contributed by atoms with E-state index in [1.165, 1.54) is 0 Å². The van der Waals surface area contributed by atoms with Gasteiger partial charge in [0.15, 0.2) is 0 Å². The Labute approximate surface area is 121 Å². The Kier molecular flexibility index (Phi) is 6.59. The summed E-state index contributed by atoms with van der Waals surface area (Å²) < 4.78 is 11.2. The van der Waals surface area contributed by atoms with Crippen molar-refractivity contribution >= 4 is 21.8 Å². The van der Waals surface area contributed by atoms with E-state index in [1.54, 1.807) is 25.3 Å². The van der Waals surface area contributed by atoms with Crippen LogP contribution in [0.1, 0.15) is 17.3 Å². The van der Waals surface area contributed by atoms with Gasteiger partial charge in [0.25, 0.3) is 5.91 Å². The summed E-state index contributed by atoms with van der Waals surface area (Å²) >= 11 is 3.35. The highest BCUT2D eigenvalue weighted by molar-refractivity contribution is 9.10. The van der Waals surface area contributed by atoms with E-state index in [0.29, 0.717) is 31.1 Å². The molecule has 104 valence electrons. The topological polar surface area (TPSA) is 47.6 Å². The molecule has 1 N–H and O–H groups in total. The number of benzene rings is 1. The SMILES string of the molecule is C=C(C)COCCNC(=O)c1ccc(OC)c(Br)c1. The highest BCUT2D eigenvalue weighted by atomic mass is 79.9. The molecule has 0 spiro atoms. The molecule has 0 saturated heterocycles. The molecule has 5 heteroatoms. The predicted octanol–water partition coefficient (Wildman–Crippen LogP) is 2.78. The molecule has 1 aromatic carbocycles. The van der Waals surface area contributed by atoms with Crippen LogP contribution in [0.25, 0.3) is 0 Å². The standard InChI is InChI=1S/C14H18BrNO3/c1-10(2)9-19-7-6-16-14(17)11-4-5-13(18-3)12(15)8-11/h4-5,8H,1,6-7,9H2,2-3H3,(H,16,17). The Bertz CT molecular complexity index is 460. The van der Waals surface area contributed by atoms with E-state index in [2.05, 4.69) is 27.8 Å². The second-order valence-corrected chi connectivity index (χ2v) is 4.97. The first-order chi connectivity index (χ1) is 9.04. The van der Waals surface area contributed by atoms with E-state index in [0.717, 1.165) is 10.0 Å². The van der Waals surface area contributed by atoms with Crippen LogP contribution in [0.15, 0.2) is 34.8 Å². The van der Waals surface area contributed by atoms with Crippen molar-refractivity contribution in [1.29, 1.82) is 0 Å². The lowest BCUT2D eigenvalue weighted by atomic mass is 10.2. The van der Waals surface area contributed by atoms with Crippen molar-refractivity contribution in [2.75, 3.05) is 26.9 Å². The molecule has 0 unspecified atom stereocenters. The van der Waals surface area contributed by atoms with Gasteiger partial charge in [-0.3, -0.25) is 4.79 Å². The van der Waals surface area contributed by atoms with Crippen molar-refractivity contribution in [3.05, 3.63) is 40.4 Å². The Morgan fingerprint density at radius 1 is 1.47 bits per heavy atom. The van der Waals surface area contributed by atoms with Crippen LogP contribution in [0, 0.1) is 0 Å². The van der Waals surface area contributed by atoms with Crippen LogP contribution in [0.5, 0.6) is 5.75 Å². The summed E-state index contributed by atoms with van der Waals surface area (Å²) in [6.07, 6.45) is 0. The number of rotatable bonds is 7. The Balaban J connectivity index is 2.41. The molecule has 0 heterocycles. The number of carbonyl (C=O) groups is 1. The summed E-state index contributed by atoms with van der Waals surface area (Å²) in [4.78, 5) is 11.8. The van der Waals surface area contributed by atoms with Crippen LogP contribution in [0.4, 0.5) is 0 Å². The van der Waals surface area contributed by atoms with Crippen LogP contribution < -0.4 is 10.1 Å². The summed E-state index contributed by atoms with van der Waals surface area (Å²) in [5, 5.41) is 2.78. The van der Waals surface area contributed by atoms with Gasteiger partial charge >= 0.3 is 0 Å². The van der Waals surface area contributed by atoms with E-state index in [9.17, 15) is 4.79 Å². The van der Waals surface area contributed by atoms with Gasteiger partial charge in [-0.25, -0.2) is 0 Å². The smallest absolute Gasteiger partial charge is 0.251 e. The largest absolute Gasteiger partial charge is 0.496 e. The maximum Gasteiger partial charge on any atom is 0.251 e. The molecule has 0 aliphatic rings. The summed E-state index contributed by atoms with van der Waals surface area (Å²) in [5.74, 6) is 0.559. The van der Waals surface area contributed by atoms with Crippen molar-refractivity contribution in [3.63, 3.8) is 0 Å². The molecule has 0 radical (unpaired) electrons. The number of nitrogens with one attached hydrogen (secondary N) is 1. The quantitative estimate of drug-likeness (QED) is 0.618. The van der Waals surface area contributed by atoms with Gasteiger partial charge in [0.1, 0.15) is 5.75 Å². The number of halogens is 1. The van der Waals surface area contributed by atoms with Crippen molar-refractivity contribution in [3.8, 4) is 5.75 Å². The summed E-state index contributed by atoms with van der Waals surface area (Å²) in [6, 6.07) is 5.19. The summed E-state index contributed by atoms with van der Waals surface area (Å²) in [5.41, 5.74) is 1.54. The number of ether oxygens (including phenoxy) is 2. The zero-order valence-electron chi connectivity index (χ0n) is 11.2.